The van der Waals surface area contributed by atoms with E-state index in [-0.39, 0.29) is 5.78 Å². The van der Waals surface area contributed by atoms with Crippen LogP contribution in [0.2, 0.25) is 5.02 Å². The molecular formula is C14H12ClNO. The lowest BCUT2D eigenvalue weighted by molar-refractivity contribution is -0.108. The van der Waals surface area contributed by atoms with Gasteiger partial charge in [0.05, 0.1) is 0 Å². The van der Waals surface area contributed by atoms with Gasteiger partial charge in [0, 0.05) is 11.6 Å². The summed E-state index contributed by atoms with van der Waals surface area (Å²) in [5.41, 5.74) is 1.35. The van der Waals surface area contributed by atoms with E-state index in [0.29, 0.717) is 17.3 Å². The zero-order valence-corrected chi connectivity index (χ0v) is 10.0. The van der Waals surface area contributed by atoms with Crippen LogP contribution in [0.3, 0.4) is 0 Å². The minimum atomic E-state index is -0.0825. The lowest BCUT2D eigenvalue weighted by Crippen LogP contribution is -2.11. The Morgan fingerprint density at radius 2 is 2.18 bits per heavy atom. The molecule has 2 nitrogen and oxygen atoms in total. The Morgan fingerprint density at radius 3 is 2.88 bits per heavy atom. The van der Waals surface area contributed by atoms with Gasteiger partial charge in [-0.05, 0) is 36.3 Å². The van der Waals surface area contributed by atoms with Gasteiger partial charge in [0.25, 0.3) is 0 Å². The van der Waals surface area contributed by atoms with Crippen LogP contribution in [0.1, 0.15) is 12.0 Å². The molecule has 1 aliphatic rings. The van der Waals surface area contributed by atoms with E-state index < -0.39 is 0 Å². The maximum absolute atomic E-state index is 11.8. The lowest BCUT2D eigenvalue weighted by Gasteiger charge is -2.01. The van der Waals surface area contributed by atoms with Crippen LogP contribution in [0.25, 0.3) is 6.08 Å². The topological polar surface area (TPSA) is 29.4 Å². The van der Waals surface area contributed by atoms with E-state index in [2.05, 4.69) is 4.99 Å². The molecule has 0 aliphatic carbocycles. The molecule has 0 radical (unpaired) electrons. The van der Waals surface area contributed by atoms with Gasteiger partial charge in [0.2, 0.25) is 5.78 Å². The van der Waals surface area contributed by atoms with Gasteiger partial charge in [-0.15, -0.1) is 0 Å². The number of rotatable bonds is 3. The molecule has 0 N–H and O–H groups in total. The van der Waals surface area contributed by atoms with Crippen molar-refractivity contribution < 1.29 is 4.79 Å². The van der Waals surface area contributed by atoms with Crippen LogP contribution in [-0.2, 0) is 4.79 Å². The van der Waals surface area contributed by atoms with Crippen LogP contribution >= 0.6 is 11.6 Å². The molecule has 0 fully saturated rings. The molecule has 0 amide bonds. The van der Waals surface area contributed by atoms with E-state index in [1.54, 1.807) is 18.2 Å². The molecule has 0 unspecified atom stereocenters. The van der Waals surface area contributed by atoms with Crippen LogP contribution in [0, 0.1) is 0 Å². The largest absolute Gasteiger partial charge is 0.288 e. The summed E-state index contributed by atoms with van der Waals surface area (Å²) in [6, 6.07) is 7.40. The molecule has 0 saturated heterocycles. The van der Waals surface area contributed by atoms with E-state index in [1.807, 2.05) is 24.3 Å². The molecule has 1 aromatic carbocycles. The van der Waals surface area contributed by atoms with Crippen molar-refractivity contribution in [2.75, 3.05) is 6.54 Å². The fourth-order valence-electron chi connectivity index (χ4n) is 1.53. The quantitative estimate of drug-likeness (QED) is 0.751. The van der Waals surface area contributed by atoms with Crippen LogP contribution in [0.15, 0.2) is 47.5 Å². The van der Waals surface area contributed by atoms with Crippen molar-refractivity contribution in [3.63, 3.8) is 0 Å². The molecule has 1 heterocycles. The second-order valence-electron chi connectivity index (χ2n) is 3.68. The van der Waals surface area contributed by atoms with E-state index in [0.717, 1.165) is 12.0 Å². The highest BCUT2D eigenvalue weighted by Crippen LogP contribution is 2.16. The third-order valence-electron chi connectivity index (χ3n) is 2.43. The van der Waals surface area contributed by atoms with Gasteiger partial charge in [-0.2, -0.15) is 0 Å². The predicted octanol–water partition coefficient (Wildman–Crippen LogP) is 3.32. The number of aliphatic imine (C=N–C) groups is 1. The smallest absolute Gasteiger partial charge is 0.203 e. The van der Waals surface area contributed by atoms with Crippen LogP contribution in [0.5, 0.6) is 0 Å². The summed E-state index contributed by atoms with van der Waals surface area (Å²) in [4.78, 5) is 15.9. The van der Waals surface area contributed by atoms with E-state index >= 15 is 0 Å². The molecule has 0 spiro atoms. The number of ketones is 1. The molecule has 2 rings (SSSR count). The number of dihydropyridines is 1. The Hall–Kier alpha value is -1.67. The number of halogens is 1. The molecule has 1 aromatic rings. The van der Waals surface area contributed by atoms with Crippen molar-refractivity contribution in [1.29, 1.82) is 0 Å². The minimum Gasteiger partial charge on any atom is -0.288 e. The first kappa shape index (κ1) is 11.8. The molecule has 0 bridgehead atoms. The van der Waals surface area contributed by atoms with Crippen LogP contribution in [0.4, 0.5) is 0 Å². The molecule has 0 aromatic heterocycles. The zero-order valence-electron chi connectivity index (χ0n) is 9.27. The highest BCUT2D eigenvalue weighted by molar-refractivity contribution is 6.48. The molecule has 3 heteroatoms. The average Bonchev–Trinajstić information content (AvgIpc) is 2.38. The first-order valence-corrected chi connectivity index (χ1v) is 5.83. The summed E-state index contributed by atoms with van der Waals surface area (Å²) in [7, 11) is 0. The fourth-order valence-corrected chi connectivity index (χ4v) is 1.73. The van der Waals surface area contributed by atoms with Crippen molar-refractivity contribution in [2.45, 2.75) is 6.42 Å². The Kier molecular flexibility index (Phi) is 3.89. The highest BCUT2D eigenvalue weighted by Gasteiger charge is 2.06. The normalized spacial score (nSPS) is 15.0. The molecule has 0 atom stereocenters. The number of carbonyl (C=O) groups is 1. The summed E-state index contributed by atoms with van der Waals surface area (Å²) in [5, 5.41) is 0.637. The predicted molar refractivity (Wildman–Crippen MR) is 71.6 cm³/mol. The monoisotopic (exact) mass is 245 g/mol. The third kappa shape index (κ3) is 3.14. The van der Waals surface area contributed by atoms with Crippen molar-refractivity contribution >= 4 is 29.2 Å². The van der Waals surface area contributed by atoms with Crippen molar-refractivity contribution in [1.82, 2.24) is 0 Å². The van der Waals surface area contributed by atoms with Gasteiger partial charge in [-0.3, -0.25) is 9.79 Å². The summed E-state index contributed by atoms with van der Waals surface area (Å²) in [6.07, 6.45) is 7.86. The van der Waals surface area contributed by atoms with E-state index in [4.69, 9.17) is 11.6 Å². The number of hydrogen-bond donors (Lipinski definition) is 0. The Balaban J connectivity index is 2.11. The van der Waals surface area contributed by atoms with E-state index in [1.165, 1.54) is 6.08 Å². The fraction of sp³-hybridized carbons (Fsp3) is 0.143. The maximum Gasteiger partial charge on any atom is 0.203 e. The van der Waals surface area contributed by atoms with Crippen LogP contribution in [-0.4, -0.2) is 18.0 Å². The van der Waals surface area contributed by atoms with Gasteiger partial charge >= 0.3 is 0 Å². The SMILES string of the molecule is O=C(/C=C/c1ccccc1Cl)C1=NCCC=C1. The molecule has 86 valence electrons. The van der Waals surface area contributed by atoms with E-state index in [9.17, 15) is 4.79 Å². The molecule has 1 aliphatic heterocycles. The van der Waals surface area contributed by atoms with Gasteiger partial charge in [0.1, 0.15) is 5.71 Å². The van der Waals surface area contributed by atoms with Crippen molar-refractivity contribution in [2.24, 2.45) is 4.99 Å². The maximum atomic E-state index is 11.8. The van der Waals surface area contributed by atoms with Crippen LogP contribution < -0.4 is 0 Å². The molecule has 17 heavy (non-hydrogen) atoms. The van der Waals surface area contributed by atoms with Crippen molar-refractivity contribution in [3.8, 4) is 0 Å². The van der Waals surface area contributed by atoms with Gasteiger partial charge in [-0.25, -0.2) is 0 Å². The average molecular weight is 246 g/mol. The Bertz CT molecular complexity index is 515. The number of allylic oxidation sites excluding steroid dienone is 2. The first-order chi connectivity index (χ1) is 8.27. The first-order valence-electron chi connectivity index (χ1n) is 5.45. The van der Waals surface area contributed by atoms with Gasteiger partial charge < -0.3 is 0 Å². The van der Waals surface area contributed by atoms with Crippen molar-refractivity contribution in [3.05, 3.63) is 53.1 Å². The summed E-state index contributed by atoms with van der Waals surface area (Å²) in [5.74, 6) is -0.0825. The van der Waals surface area contributed by atoms with Gasteiger partial charge in [0.15, 0.2) is 0 Å². The second kappa shape index (κ2) is 5.60. The van der Waals surface area contributed by atoms with Gasteiger partial charge in [-0.1, -0.05) is 35.9 Å². The Labute approximate surface area is 105 Å². The molecule has 0 saturated carbocycles. The number of benzene rings is 1. The molecular weight excluding hydrogens is 234 g/mol. The third-order valence-corrected chi connectivity index (χ3v) is 2.77. The minimum absolute atomic E-state index is 0.0825. The number of nitrogens with zero attached hydrogens (tertiary/aromatic N) is 1. The zero-order chi connectivity index (χ0) is 12.1. The second-order valence-corrected chi connectivity index (χ2v) is 4.08. The summed E-state index contributed by atoms with van der Waals surface area (Å²) < 4.78 is 0. The summed E-state index contributed by atoms with van der Waals surface area (Å²) >= 11 is 5.99. The Morgan fingerprint density at radius 1 is 1.35 bits per heavy atom. The lowest BCUT2D eigenvalue weighted by atomic mass is 10.1. The number of hydrogen-bond acceptors (Lipinski definition) is 2. The number of carbonyl (C=O) groups excluding carboxylic acids is 1. The summed E-state index contributed by atoms with van der Waals surface area (Å²) in [6.45, 7) is 0.692. The standard InChI is InChI=1S/C14H12ClNO/c15-12-6-2-1-5-11(12)8-9-14(17)13-7-3-4-10-16-13/h1-3,5-9H,4,10H2/b9-8+. The highest BCUT2D eigenvalue weighted by atomic mass is 35.5.